The van der Waals surface area contributed by atoms with Crippen LogP contribution in [0.15, 0.2) is 42.5 Å². The van der Waals surface area contributed by atoms with Crippen LogP contribution in [0.3, 0.4) is 0 Å². The molecule has 132 valence electrons. The quantitative estimate of drug-likeness (QED) is 0.795. The lowest BCUT2D eigenvalue weighted by atomic mass is 10.2. The Labute approximate surface area is 157 Å². The molecule has 1 aliphatic rings. The second kappa shape index (κ2) is 7.98. The zero-order valence-corrected chi connectivity index (χ0v) is 15.5. The largest absolute Gasteiger partial charge is 0.479 e. The summed E-state index contributed by atoms with van der Waals surface area (Å²) in [6, 6.07) is 12.9. The standard InChI is InChI=1S/C19H20Cl2N2O2/c1-13(25-17-10-6-7-14(20)18(17)21)19(24)22-15-8-2-3-9-16(15)23-11-4-5-12-23/h2-3,6-10,13H,4-5,11-12H2,1H3,(H,22,24). The predicted octanol–water partition coefficient (Wildman–Crippen LogP) is 5.00. The second-order valence-electron chi connectivity index (χ2n) is 6.01. The SMILES string of the molecule is CC(Oc1cccc(Cl)c1Cl)C(=O)Nc1ccccc1N1CCCC1. The maximum Gasteiger partial charge on any atom is 0.265 e. The summed E-state index contributed by atoms with van der Waals surface area (Å²) in [6.07, 6.45) is 1.65. The number of hydrogen-bond acceptors (Lipinski definition) is 3. The minimum Gasteiger partial charge on any atom is -0.479 e. The molecule has 1 aliphatic heterocycles. The molecule has 1 fully saturated rings. The third-order valence-electron chi connectivity index (χ3n) is 4.20. The van der Waals surface area contributed by atoms with Gasteiger partial charge < -0.3 is 15.0 Å². The fourth-order valence-electron chi connectivity index (χ4n) is 2.87. The topological polar surface area (TPSA) is 41.6 Å². The molecule has 1 atom stereocenters. The van der Waals surface area contributed by atoms with Gasteiger partial charge in [-0.15, -0.1) is 0 Å². The number of benzene rings is 2. The van der Waals surface area contributed by atoms with Crippen molar-refractivity contribution >= 4 is 40.5 Å². The molecule has 3 rings (SSSR count). The molecule has 1 unspecified atom stereocenters. The summed E-state index contributed by atoms with van der Waals surface area (Å²) < 4.78 is 5.68. The first-order chi connectivity index (χ1) is 12.1. The Kier molecular flexibility index (Phi) is 5.71. The summed E-state index contributed by atoms with van der Waals surface area (Å²) in [7, 11) is 0. The third-order valence-corrected chi connectivity index (χ3v) is 5.00. The van der Waals surface area contributed by atoms with Crippen LogP contribution in [-0.2, 0) is 4.79 Å². The van der Waals surface area contributed by atoms with Gasteiger partial charge in [-0.25, -0.2) is 0 Å². The van der Waals surface area contributed by atoms with Gasteiger partial charge in [0.15, 0.2) is 6.10 Å². The molecular formula is C19H20Cl2N2O2. The second-order valence-corrected chi connectivity index (χ2v) is 6.80. The molecular weight excluding hydrogens is 359 g/mol. The maximum absolute atomic E-state index is 12.5. The summed E-state index contributed by atoms with van der Waals surface area (Å²) in [4.78, 5) is 14.8. The summed E-state index contributed by atoms with van der Waals surface area (Å²) in [5.41, 5.74) is 1.84. The minimum absolute atomic E-state index is 0.234. The molecule has 4 nitrogen and oxygen atoms in total. The Morgan fingerprint density at radius 3 is 2.60 bits per heavy atom. The molecule has 1 saturated heterocycles. The van der Waals surface area contributed by atoms with Crippen molar-refractivity contribution in [3.05, 3.63) is 52.5 Å². The molecule has 0 spiro atoms. The maximum atomic E-state index is 12.5. The van der Waals surface area contributed by atoms with Gasteiger partial charge in [0.2, 0.25) is 0 Å². The van der Waals surface area contributed by atoms with Crippen molar-refractivity contribution in [2.24, 2.45) is 0 Å². The van der Waals surface area contributed by atoms with Crippen molar-refractivity contribution in [3.8, 4) is 5.75 Å². The first-order valence-corrected chi connectivity index (χ1v) is 9.07. The van der Waals surface area contributed by atoms with Crippen LogP contribution >= 0.6 is 23.2 Å². The Balaban J connectivity index is 1.71. The molecule has 0 bridgehead atoms. The summed E-state index contributed by atoms with van der Waals surface area (Å²) in [5.74, 6) is 0.160. The molecule has 1 N–H and O–H groups in total. The number of halogens is 2. The highest BCUT2D eigenvalue weighted by Crippen LogP contribution is 2.32. The average molecular weight is 379 g/mol. The molecule has 0 radical (unpaired) electrons. The van der Waals surface area contributed by atoms with E-state index in [1.807, 2.05) is 24.3 Å². The molecule has 1 amide bonds. The van der Waals surface area contributed by atoms with Gasteiger partial charge in [0, 0.05) is 13.1 Å². The Morgan fingerprint density at radius 2 is 1.84 bits per heavy atom. The fraction of sp³-hybridized carbons (Fsp3) is 0.316. The van der Waals surface area contributed by atoms with Crippen LogP contribution in [-0.4, -0.2) is 25.1 Å². The molecule has 0 aliphatic carbocycles. The average Bonchev–Trinajstić information content (AvgIpc) is 3.14. The van der Waals surface area contributed by atoms with Crippen LogP contribution in [0.5, 0.6) is 5.75 Å². The van der Waals surface area contributed by atoms with Gasteiger partial charge in [0.05, 0.1) is 16.4 Å². The molecule has 2 aromatic carbocycles. The molecule has 2 aromatic rings. The van der Waals surface area contributed by atoms with E-state index in [1.165, 1.54) is 12.8 Å². The van der Waals surface area contributed by atoms with Gasteiger partial charge in [-0.3, -0.25) is 4.79 Å². The van der Waals surface area contributed by atoms with Crippen LogP contribution in [0.1, 0.15) is 19.8 Å². The number of nitrogens with one attached hydrogen (secondary N) is 1. The number of rotatable bonds is 5. The molecule has 0 aromatic heterocycles. The first kappa shape index (κ1) is 17.9. The predicted molar refractivity (Wildman–Crippen MR) is 103 cm³/mol. The summed E-state index contributed by atoms with van der Waals surface area (Å²) >= 11 is 12.1. The Hall–Kier alpha value is -1.91. The molecule has 6 heteroatoms. The van der Waals surface area contributed by atoms with Crippen molar-refractivity contribution in [1.82, 2.24) is 0 Å². The zero-order valence-electron chi connectivity index (χ0n) is 14.0. The van der Waals surface area contributed by atoms with Gasteiger partial charge in [0.1, 0.15) is 10.8 Å². The van der Waals surface area contributed by atoms with Gasteiger partial charge in [-0.2, -0.15) is 0 Å². The molecule has 1 heterocycles. The van der Waals surface area contributed by atoms with Gasteiger partial charge in [0.25, 0.3) is 5.91 Å². The number of ether oxygens (including phenoxy) is 1. The first-order valence-electron chi connectivity index (χ1n) is 8.32. The smallest absolute Gasteiger partial charge is 0.265 e. The minimum atomic E-state index is -0.706. The van der Waals surface area contributed by atoms with Crippen molar-refractivity contribution in [2.45, 2.75) is 25.9 Å². The number of nitrogens with zero attached hydrogens (tertiary/aromatic N) is 1. The van der Waals surface area contributed by atoms with E-state index in [1.54, 1.807) is 25.1 Å². The van der Waals surface area contributed by atoms with Crippen LogP contribution in [0.4, 0.5) is 11.4 Å². The number of para-hydroxylation sites is 2. The lowest BCUT2D eigenvalue weighted by Gasteiger charge is -2.22. The van der Waals surface area contributed by atoms with Crippen molar-refractivity contribution in [3.63, 3.8) is 0 Å². The van der Waals surface area contributed by atoms with Gasteiger partial charge in [-0.1, -0.05) is 41.4 Å². The number of hydrogen-bond donors (Lipinski definition) is 1. The summed E-state index contributed by atoms with van der Waals surface area (Å²) in [5, 5.41) is 3.66. The number of carbonyl (C=O) groups excluding carboxylic acids is 1. The van der Waals surface area contributed by atoms with E-state index in [0.717, 1.165) is 24.5 Å². The zero-order chi connectivity index (χ0) is 17.8. The fourth-order valence-corrected chi connectivity index (χ4v) is 3.20. The highest BCUT2D eigenvalue weighted by Gasteiger charge is 2.20. The molecule has 25 heavy (non-hydrogen) atoms. The Bertz CT molecular complexity index is 761. The van der Waals surface area contributed by atoms with Gasteiger partial charge >= 0.3 is 0 Å². The van der Waals surface area contributed by atoms with E-state index >= 15 is 0 Å². The normalized spacial score (nSPS) is 15.1. The van der Waals surface area contributed by atoms with Crippen molar-refractivity contribution in [1.29, 1.82) is 0 Å². The van der Waals surface area contributed by atoms with Crippen molar-refractivity contribution < 1.29 is 9.53 Å². The lowest BCUT2D eigenvalue weighted by molar-refractivity contribution is -0.122. The van der Waals surface area contributed by atoms with Crippen LogP contribution < -0.4 is 15.0 Å². The monoisotopic (exact) mass is 378 g/mol. The van der Waals surface area contributed by atoms with E-state index < -0.39 is 6.10 Å². The van der Waals surface area contributed by atoms with Crippen molar-refractivity contribution in [2.75, 3.05) is 23.3 Å². The van der Waals surface area contributed by atoms with Crippen LogP contribution in [0, 0.1) is 0 Å². The highest BCUT2D eigenvalue weighted by molar-refractivity contribution is 6.42. The van der Waals surface area contributed by atoms with Gasteiger partial charge in [-0.05, 0) is 44.0 Å². The van der Waals surface area contributed by atoms with E-state index in [4.69, 9.17) is 27.9 Å². The molecule has 0 saturated carbocycles. The van der Waals surface area contributed by atoms with E-state index in [0.29, 0.717) is 15.8 Å². The number of amides is 1. The van der Waals surface area contributed by atoms with Crippen LogP contribution in [0.2, 0.25) is 10.0 Å². The highest BCUT2D eigenvalue weighted by atomic mass is 35.5. The van der Waals surface area contributed by atoms with E-state index in [2.05, 4.69) is 10.2 Å². The third kappa shape index (κ3) is 4.20. The van der Waals surface area contributed by atoms with Crippen LogP contribution in [0.25, 0.3) is 0 Å². The summed E-state index contributed by atoms with van der Waals surface area (Å²) in [6.45, 7) is 3.71. The van der Waals surface area contributed by atoms with E-state index in [9.17, 15) is 4.79 Å². The van der Waals surface area contributed by atoms with E-state index in [-0.39, 0.29) is 5.91 Å². The number of anilines is 2. The lowest BCUT2D eigenvalue weighted by Crippen LogP contribution is -2.31. The number of carbonyl (C=O) groups is 1. The Morgan fingerprint density at radius 1 is 1.12 bits per heavy atom.